The van der Waals surface area contributed by atoms with Gasteiger partial charge in [0.05, 0.1) is 12.2 Å². The van der Waals surface area contributed by atoms with Gasteiger partial charge in [0.15, 0.2) is 6.61 Å². The van der Waals surface area contributed by atoms with Crippen LogP contribution in [0.5, 0.6) is 5.75 Å². The fourth-order valence-corrected chi connectivity index (χ4v) is 5.55. The van der Waals surface area contributed by atoms with Crippen LogP contribution in [-0.4, -0.2) is 17.7 Å². The first-order chi connectivity index (χ1) is 17.7. The molecule has 0 amide bonds. The zero-order valence-corrected chi connectivity index (χ0v) is 22.7. The summed E-state index contributed by atoms with van der Waals surface area (Å²) in [6.07, 6.45) is 0.218. The molecule has 0 radical (unpaired) electrons. The lowest BCUT2D eigenvalue weighted by molar-refractivity contribution is -0.139. The second-order valence-corrected chi connectivity index (χ2v) is 10.8. The largest absolute Gasteiger partial charge is 0.482 e. The summed E-state index contributed by atoms with van der Waals surface area (Å²) in [4.78, 5) is 11.4. The first-order valence-electron chi connectivity index (χ1n) is 12.8. The van der Waals surface area contributed by atoms with Crippen molar-refractivity contribution in [2.75, 3.05) is 6.61 Å². The lowest BCUT2D eigenvalue weighted by Gasteiger charge is -2.44. The molecular weight excluding hydrogens is 484 g/mol. The second kappa shape index (κ2) is 11.5. The second-order valence-electron chi connectivity index (χ2n) is 10.3. The summed E-state index contributed by atoms with van der Waals surface area (Å²) >= 11 is 6.41. The van der Waals surface area contributed by atoms with Crippen LogP contribution in [0.1, 0.15) is 79.1 Å². The Bertz CT molecular complexity index is 1270. The summed E-state index contributed by atoms with van der Waals surface area (Å²) in [7, 11) is 0. The molecule has 0 spiro atoms. The Kier molecular flexibility index (Phi) is 8.41. The fraction of sp³-hybridized carbons (Fsp3) is 0.344. The first-order valence-corrected chi connectivity index (χ1v) is 13.1. The Morgan fingerprint density at radius 3 is 2.41 bits per heavy atom. The number of benzene rings is 3. The van der Waals surface area contributed by atoms with Crippen LogP contribution in [0.4, 0.5) is 0 Å². The van der Waals surface area contributed by atoms with Crippen molar-refractivity contribution in [2.45, 2.75) is 58.2 Å². The van der Waals surface area contributed by atoms with Crippen LogP contribution in [-0.2, 0) is 9.53 Å². The highest BCUT2D eigenvalue weighted by molar-refractivity contribution is 6.30. The van der Waals surface area contributed by atoms with E-state index in [-0.39, 0.29) is 30.0 Å². The van der Waals surface area contributed by atoms with E-state index in [0.29, 0.717) is 10.8 Å². The van der Waals surface area contributed by atoms with Crippen molar-refractivity contribution >= 4 is 17.6 Å². The highest BCUT2D eigenvalue weighted by atomic mass is 35.5. The van der Waals surface area contributed by atoms with Gasteiger partial charge in [-0.1, -0.05) is 86.1 Å². The predicted molar refractivity (Wildman–Crippen MR) is 149 cm³/mol. The van der Waals surface area contributed by atoms with Crippen LogP contribution in [0.3, 0.4) is 0 Å². The van der Waals surface area contributed by atoms with Crippen LogP contribution in [0.25, 0.3) is 0 Å². The van der Waals surface area contributed by atoms with E-state index >= 15 is 0 Å². The zero-order chi connectivity index (χ0) is 26.7. The van der Waals surface area contributed by atoms with Crippen molar-refractivity contribution in [3.63, 3.8) is 0 Å². The van der Waals surface area contributed by atoms with E-state index < -0.39 is 12.6 Å². The highest BCUT2D eigenvalue weighted by Gasteiger charge is 2.42. The third-order valence-electron chi connectivity index (χ3n) is 7.24. The molecule has 0 unspecified atom stereocenters. The molecule has 4 rings (SSSR count). The Morgan fingerprint density at radius 2 is 1.78 bits per heavy atom. The van der Waals surface area contributed by atoms with Gasteiger partial charge in [0.2, 0.25) is 0 Å². The van der Waals surface area contributed by atoms with E-state index in [9.17, 15) is 9.90 Å². The maximum atomic E-state index is 11.4. The van der Waals surface area contributed by atoms with Crippen LogP contribution < -0.4 is 4.74 Å². The smallest absolute Gasteiger partial charge is 0.341 e. The molecule has 5 heteroatoms. The lowest BCUT2D eigenvalue weighted by atomic mass is 9.73. The van der Waals surface area contributed by atoms with Crippen molar-refractivity contribution in [2.24, 2.45) is 5.92 Å². The van der Waals surface area contributed by atoms with Gasteiger partial charge in [-0.05, 0) is 66.6 Å². The molecule has 1 aliphatic heterocycles. The third kappa shape index (κ3) is 6.08. The monoisotopic (exact) mass is 518 g/mol. The molecular formula is C32H35ClO4. The van der Waals surface area contributed by atoms with Gasteiger partial charge in [0, 0.05) is 22.4 Å². The normalized spacial score (nSPS) is 21.6. The average molecular weight is 519 g/mol. The lowest BCUT2D eigenvalue weighted by Crippen LogP contribution is -2.32. The Morgan fingerprint density at radius 1 is 1.08 bits per heavy atom. The fourth-order valence-electron chi connectivity index (χ4n) is 5.35. The maximum absolute atomic E-state index is 11.4. The van der Waals surface area contributed by atoms with Gasteiger partial charge in [0.25, 0.3) is 0 Å². The molecule has 1 aliphatic rings. The molecule has 0 saturated carbocycles. The van der Waals surface area contributed by atoms with E-state index in [2.05, 4.69) is 56.8 Å². The van der Waals surface area contributed by atoms with Crippen molar-refractivity contribution in [1.29, 1.82) is 0 Å². The van der Waals surface area contributed by atoms with Crippen molar-refractivity contribution in [1.82, 2.24) is 0 Å². The van der Waals surface area contributed by atoms with E-state index in [4.69, 9.17) is 21.1 Å². The number of aryl methyl sites for hydroxylation is 1. The summed E-state index contributed by atoms with van der Waals surface area (Å²) in [5.41, 5.74) is 6.23. The van der Waals surface area contributed by atoms with Crippen LogP contribution in [0, 0.1) is 12.8 Å². The number of carboxylic acid groups (broad SMARTS) is 1. The van der Waals surface area contributed by atoms with Crippen molar-refractivity contribution in [3.05, 3.63) is 112 Å². The van der Waals surface area contributed by atoms with E-state index in [1.165, 1.54) is 5.56 Å². The van der Waals surface area contributed by atoms with Gasteiger partial charge in [0.1, 0.15) is 5.75 Å². The molecule has 1 saturated heterocycles. The minimum Gasteiger partial charge on any atom is -0.482 e. The van der Waals surface area contributed by atoms with Crippen LogP contribution >= 0.6 is 11.6 Å². The summed E-state index contributed by atoms with van der Waals surface area (Å²) in [5.74, 6) is -0.0793. The third-order valence-corrected chi connectivity index (χ3v) is 7.48. The first kappa shape index (κ1) is 27.0. The molecule has 0 aromatic heterocycles. The number of hydrogen-bond donors (Lipinski definition) is 1. The summed E-state index contributed by atoms with van der Waals surface area (Å²) < 4.78 is 12.9. The Hall–Kier alpha value is -3.08. The topological polar surface area (TPSA) is 55.8 Å². The zero-order valence-electron chi connectivity index (χ0n) is 21.9. The molecule has 3 aromatic rings. The predicted octanol–water partition coefficient (Wildman–Crippen LogP) is 8.41. The molecule has 4 atom stereocenters. The summed E-state index contributed by atoms with van der Waals surface area (Å²) in [6, 6.07) is 22.4. The van der Waals surface area contributed by atoms with Gasteiger partial charge in [-0.2, -0.15) is 0 Å². The quantitative estimate of drug-likeness (QED) is 0.304. The van der Waals surface area contributed by atoms with E-state index in [1.807, 2.05) is 44.2 Å². The van der Waals surface area contributed by atoms with E-state index in [1.54, 1.807) is 0 Å². The molecule has 194 valence electrons. The Balaban J connectivity index is 1.86. The minimum atomic E-state index is -1.01. The van der Waals surface area contributed by atoms with Gasteiger partial charge in [-0.15, -0.1) is 0 Å². The van der Waals surface area contributed by atoms with Crippen molar-refractivity contribution in [3.8, 4) is 5.75 Å². The molecule has 4 nitrogen and oxygen atoms in total. The molecule has 1 N–H and O–H groups in total. The number of hydrogen-bond acceptors (Lipinski definition) is 3. The molecule has 0 aliphatic carbocycles. The van der Waals surface area contributed by atoms with Gasteiger partial charge < -0.3 is 14.6 Å². The van der Waals surface area contributed by atoms with Gasteiger partial charge in [-0.3, -0.25) is 0 Å². The number of ether oxygens (including phenoxy) is 2. The van der Waals surface area contributed by atoms with E-state index in [0.717, 1.165) is 34.2 Å². The van der Waals surface area contributed by atoms with Crippen LogP contribution in [0.15, 0.2) is 78.9 Å². The number of carbonyl (C=O) groups is 1. The summed E-state index contributed by atoms with van der Waals surface area (Å²) in [6.45, 7) is 12.2. The molecule has 37 heavy (non-hydrogen) atoms. The number of carboxylic acids is 1. The molecule has 1 heterocycles. The minimum absolute atomic E-state index is 0.0106. The standard InChI is InChI=1S/C32H35ClO4/c1-19(2)24-14-21(5)30(28(16-24)36-18-29(34)35)32-26(20(3)4)17-27(22-10-7-6-8-11-22)31(37-32)23-12-9-13-25(33)15-23/h6-16,19,26-27,31-32H,3,17-18H2,1-2,4-5H3,(H,34,35)/t26-,27-,31+,32+/m1/s1. The summed E-state index contributed by atoms with van der Waals surface area (Å²) in [5, 5.41) is 10.0. The maximum Gasteiger partial charge on any atom is 0.341 e. The molecule has 3 aromatic carbocycles. The number of aliphatic carboxylic acids is 1. The highest BCUT2D eigenvalue weighted by Crippen LogP contribution is 2.54. The Labute approximate surface area is 224 Å². The number of halogens is 1. The number of rotatable bonds is 8. The van der Waals surface area contributed by atoms with Crippen LogP contribution in [0.2, 0.25) is 5.02 Å². The molecule has 1 fully saturated rings. The van der Waals surface area contributed by atoms with Gasteiger partial charge in [-0.25, -0.2) is 4.79 Å². The molecule has 0 bridgehead atoms. The van der Waals surface area contributed by atoms with Crippen molar-refractivity contribution < 1.29 is 19.4 Å². The SMILES string of the molecule is C=C(C)[C@H]1C[C@H](c2ccccc2)[C@H](c2cccc(Cl)c2)O[C@@H]1c1c(C)cc(C(C)C)cc1OCC(=O)O. The average Bonchev–Trinajstić information content (AvgIpc) is 2.87. The van der Waals surface area contributed by atoms with Gasteiger partial charge >= 0.3 is 5.97 Å².